The van der Waals surface area contributed by atoms with E-state index in [4.69, 9.17) is 4.42 Å². The highest BCUT2D eigenvalue weighted by atomic mass is 16.4. The van der Waals surface area contributed by atoms with Gasteiger partial charge in [0.25, 0.3) is 5.91 Å². The van der Waals surface area contributed by atoms with Gasteiger partial charge in [0.2, 0.25) is 5.89 Å². The zero-order valence-electron chi connectivity index (χ0n) is 16.2. The Morgan fingerprint density at radius 2 is 1.79 bits per heavy atom. The van der Waals surface area contributed by atoms with Crippen LogP contribution >= 0.6 is 0 Å². The number of benzene rings is 2. The van der Waals surface area contributed by atoms with Gasteiger partial charge >= 0.3 is 6.01 Å². The first-order valence-electron chi connectivity index (χ1n) is 9.63. The van der Waals surface area contributed by atoms with Gasteiger partial charge in [0.05, 0.1) is 0 Å². The quantitative estimate of drug-likeness (QED) is 0.733. The average molecular weight is 376 g/mol. The molecule has 3 aromatic rings. The summed E-state index contributed by atoms with van der Waals surface area (Å²) in [5.74, 6) is 0.225. The van der Waals surface area contributed by atoms with Gasteiger partial charge in [-0.3, -0.25) is 4.79 Å². The van der Waals surface area contributed by atoms with E-state index in [-0.39, 0.29) is 5.91 Å². The van der Waals surface area contributed by atoms with Crippen molar-refractivity contribution < 1.29 is 9.21 Å². The van der Waals surface area contributed by atoms with E-state index in [1.807, 2.05) is 62.4 Å². The highest BCUT2D eigenvalue weighted by Gasteiger charge is 2.26. The van der Waals surface area contributed by atoms with E-state index >= 15 is 0 Å². The number of rotatable bonds is 5. The third-order valence-corrected chi connectivity index (χ3v) is 5.23. The van der Waals surface area contributed by atoms with Crippen LogP contribution < -0.4 is 10.2 Å². The van der Waals surface area contributed by atoms with Gasteiger partial charge in [-0.15, -0.1) is 5.10 Å². The summed E-state index contributed by atoms with van der Waals surface area (Å²) in [6.45, 7) is 5.88. The number of hydrogen-bond acceptors (Lipinski definition) is 5. The Kier molecular flexibility index (Phi) is 5.10. The number of aromatic nitrogens is 2. The molecule has 4 rings (SSSR count). The molecule has 1 amide bonds. The Morgan fingerprint density at radius 1 is 1.04 bits per heavy atom. The number of amides is 1. The number of nitrogens with one attached hydrogen (secondary N) is 1. The molecule has 6 nitrogen and oxygen atoms in total. The van der Waals surface area contributed by atoms with Crippen LogP contribution in [0.4, 0.5) is 6.01 Å². The third-order valence-electron chi connectivity index (χ3n) is 5.23. The number of aryl methyl sites for hydroxylation is 2. The first kappa shape index (κ1) is 18.2. The molecule has 1 aliphatic rings. The summed E-state index contributed by atoms with van der Waals surface area (Å²) in [6, 6.07) is 15.4. The Labute approximate surface area is 164 Å². The molecule has 0 aliphatic carbocycles. The van der Waals surface area contributed by atoms with Crippen LogP contribution in [0.5, 0.6) is 0 Å². The van der Waals surface area contributed by atoms with Crippen molar-refractivity contribution in [1.82, 2.24) is 15.5 Å². The zero-order valence-corrected chi connectivity index (χ0v) is 16.2. The minimum Gasteiger partial charge on any atom is -0.405 e. The third kappa shape index (κ3) is 3.76. The second-order valence-corrected chi connectivity index (χ2v) is 7.23. The lowest BCUT2D eigenvalue weighted by Gasteiger charge is -2.17. The molecule has 1 saturated heterocycles. The molecule has 1 aliphatic heterocycles. The monoisotopic (exact) mass is 376 g/mol. The van der Waals surface area contributed by atoms with E-state index in [0.29, 0.717) is 17.5 Å². The Hall–Kier alpha value is -3.15. The smallest absolute Gasteiger partial charge is 0.318 e. The molecule has 1 fully saturated rings. The largest absolute Gasteiger partial charge is 0.405 e. The van der Waals surface area contributed by atoms with Gasteiger partial charge in [0, 0.05) is 18.7 Å². The molecule has 0 unspecified atom stereocenters. The number of hydrogen-bond donors (Lipinski definition) is 1. The maximum Gasteiger partial charge on any atom is 0.318 e. The van der Waals surface area contributed by atoms with E-state index in [1.165, 1.54) is 0 Å². The SMILES string of the molecule is Cc1ccc(C(=O)N[C@@H](c2ccccc2)c2nnc(N3CCCC3)o2)cc1C. The van der Waals surface area contributed by atoms with Gasteiger partial charge in [-0.25, -0.2) is 0 Å². The summed E-state index contributed by atoms with van der Waals surface area (Å²) < 4.78 is 5.95. The first-order valence-corrected chi connectivity index (χ1v) is 9.63. The maximum atomic E-state index is 12.9. The number of carbonyl (C=O) groups is 1. The van der Waals surface area contributed by atoms with E-state index < -0.39 is 6.04 Å². The summed E-state index contributed by atoms with van der Waals surface area (Å²) in [6.07, 6.45) is 2.26. The van der Waals surface area contributed by atoms with Crippen LogP contribution in [0.1, 0.15) is 51.8 Å². The van der Waals surface area contributed by atoms with Gasteiger partial charge in [0.15, 0.2) is 0 Å². The van der Waals surface area contributed by atoms with Crippen LogP contribution in [0.15, 0.2) is 52.9 Å². The molecule has 1 aromatic heterocycles. The van der Waals surface area contributed by atoms with E-state index in [2.05, 4.69) is 20.4 Å². The number of carbonyl (C=O) groups excluding carboxylic acids is 1. The van der Waals surface area contributed by atoms with Crippen molar-refractivity contribution >= 4 is 11.9 Å². The minimum atomic E-state index is -0.501. The fourth-order valence-electron chi connectivity index (χ4n) is 3.41. The van der Waals surface area contributed by atoms with Crippen LogP contribution in [0, 0.1) is 13.8 Å². The Bertz CT molecular complexity index is 962. The van der Waals surface area contributed by atoms with Gasteiger partial charge in [-0.2, -0.15) is 0 Å². The summed E-state index contributed by atoms with van der Waals surface area (Å²) in [4.78, 5) is 15.0. The lowest BCUT2D eigenvalue weighted by Crippen LogP contribution is -2.29. The molecule has 0 radical (unpaired) electrons. The van der Waals surface area contributed by atoms with Crippen LogP contribution in [0.2, 0.25) is 0 Å². The molecular formula is C22H24N4O2. The minimum absolute atomic E-state index is 0.169. The predicted molar refractivity (Wildman–Crippen MR) is 107 cm³/mol. The molecule has 144 valence electrons. The van der Waals surface area contributed by atoms with Gasteiger partial charge in [-0.1, -0.05) is 41.5 Å². The van der Waals surface area contributed by atoms with Crippen LogP contribution in [-0.2, 0) is 0 Å². The van der Waals surface area contributed by atoms with Crippen molar-refractivity contribution in [2.75, 3.05) is 18.0 Å². The fraction of sp³-hybridized carbons (Fsp3) is 0.318. The molecule has 0 spiro atoms. The topological polar surface area (TPSA) is 71.3 Å². The lowest BCUT2D eigenvalue weighted by molar-refractivity contribution is 0.0938. The van der Waals surface area contributed by atoms with Gasteiger partial charge < -0.3 is 14.6 Å². The van der Waals surface area contributed by atoms with Crippen molar-refractivity contribution in [2.24, 2.45) is 0 Å². The summed E-state index contributed by atoms with van der Waals surface area (Å²) in [7, 11) is 0. The predicted octanol–water partition coefficient (Wildman–Crippen LogP) is 3.81. The van der Waals surface area contributed by atoms with Crippen molar-refractivity contribution in [3.8, 4) is 0 Å². The van der Waals surface area contributed by atoms with Crippen molar-refractivity contribution in [3.63, 3.8) is 0 Å². The Morgan fingerprint density at radius 3 is 2.50 bits per heavy atom. The number of nitrogens with zero attached hydrogens (tertiary/aromatic N) is 3. The van der Waals surface area contributed by atoms with Crippen molar-refractivity contribution in [1.29, 1.82) is 0 Å². The highest BCUT2D eigenvalue weighted by Crippen LogP contribution is 2.26. The maximum absolute atomic E-state index is 12.9. The lowest BCUT2D eigenvalue weighted by atomic mass is 10.0. The molecule has 28 heavy (non-hydrogen) atoms. The molecule has 1 N–H and O–H groups in total. The van der Waals surface area contributed by atoms with Crippen molar-refractivity contribution in [2.45, 2.75) is 32.7 Å². The van der Waals surface area contributed by atoms with Crippen LogP contribution in [0.25, 0.3) is 0 Å². The fourth-order valence-corrected chi connectivity index (χ4v) is 3.41. The van der Waals surface area contributed by atoms with E-state index in [1.54, 1.807) is 0 Å². The Balaban J connectivity index is 1.62. The van der Waals surface area contributed by atoms with Crippen LogP contribution in [-0.4, -0.2) is 29.2 Å². The summed E-state index contributed by atoms with van der Waals surface area (Å²) >= 11 is 0. The second-order valence-electron chi connectivity index (χ2n) is 7.23. The molecular weight excluding hydrogens is 352 g/mol. The molecule has 2 heterocycles. The molecule has 0 bridgehead atoms. The first-order chi connectivity index (χ1) is 13.6. The highest BCUT2D eigenvalue weighted by molar-refractivity contribution is 5.94. The molecule has 2 aromatic carbocycles. The second kappa shape index (κ2) is 7.84. The standard InChI is InChI=1S/C22H24N4O2/c1-15-10-11-18(14-16(15)2)20(27)23-19(17-8-4-3-5-9-17)21-24-25-22(28-21)26-12-6-7-13-26/h3-5,8-11,14,19H,6-7,12-13H2,1-2H3,(H,23,27)/t19-/m0/s1. The molecule has 0 saturated carbocycles. The molecule has 6 heteroatoms. The summed E-state index contributed by atoms with van der Waals surface area (Å²) in [5.41, 5.74) is 3.75. The zero-order chi connectivity index (χ0) is 19.5. The van der Waals surface area contributed by atoms with Crippen molar-refractivity contribution in [3.05, 3.63) is 76.7 Å². The van der Waals surface area contributed by atoms with Crippen LogP contribution in [0.3, 0.4) is 0 Å². The van der Waals surface area contributed by atoms with Gasteiger partial charge in [-0.05, 0) is 55.5 Å². The number of anilines is 1. The van der Waals surface area contributed by atoms with E-state index in [9.17, 15) is 4.79 Å². The molecule has 1 atom stereocenters. The van der Waals surface area contributed by atoms with E-state index in [0.717, 1.165) is 42.6 Å². The normalized spacial score (nSPS) is 14.9. The summed E-state index contributed by atoms with van der Waals surface area (Å²) in [5, 5.41) is 11.5. The average Bonchev–Trinajstić information content (AvgIpc) is 3.40. The van der Waals surface area contributed by atoms with Gasteiger partial charge in [0.1, 0.15) is 6.04 Å².